The predicted molar refractivity (Wildman–Crippen MR) is 188 cm³/mol. The topological polar surface area (TPSA) is 97.6 Å². The quantitative estimate of drug-likeness (QED) is 0.176. The fraction of sp³-hybridized carbons (Fsp3) is 0.282. The second-order valence-corrected chi connectivity index (χ2v) is 15.2. The van der Waals surface area contributed by atoms with E-state index < -0.39 is 27.7 Å². The summed E-state index contributed by atoms with van der Waals surface area (Å²) in [5, 5.41) is 7.60. The molecule has 8 rings (SSSR count). The van der Waals surface area contributed by atoms with Crippen molar-refractivity contribution >= 4 is 21.6 Å². The van der Waals surface area contributed by atoms with Crippen molar-refractivity contribution in [3.8, 4) is 5.88 Å². The molecular formula is C39H38FN5O3S. The van der Waals surface area contributed by atoms with Gasteiger partial charge in [-0.3, -0.25) is 0 Å². The van der Waals surface area contributed by atoms with Gasteiger partial charge in [-0.05, 0) is 58.2 Å². The van der Waals surface area contributed by atoms with Gasteiger partial charge in [-0.1, -0.05) is 104 Å². The van der Waals surface area contributed by atoms with Crippen molar-refractivity contribution in [3.63, 3.8) is 0 Å². The zero-order valence-electron chi connectivity index (χ0n) is 27.3. The Morgan fingerprint density at radius 3 is 2.18 bits per heavy atom. The van der Waals surface area contributed by atoms with Crippen molar-refractivity contribution in [1.82, 2.24) is 14.5 Å². The third-order valence-corrected chi connectivity index (χ3v) is 11.7. The van der Waals surface area contributed by atoms with Crippen molar-refractivity contribution in [2.75, 3.05) is 11.9 Å². The number of hydrogen-bond acceptors (Lipinski definition) is 5. The Morgan fingerprint density at radius 1 is 0.918 bits per heavy atom. The van der Waals surface area contributed by atoms with Gasteiger partial charge in [-0.15, -0.1) is 0 Å². The molecule has 0 saturated heterocycles. The SMILES string of the molecule is C[C@H]1COc2c(S(=O)(=NC(c3ccccc3)(c3ccccc3)c3ccccc3)NC(=O)Nc3c4c(cc5c3C[C@@H](F)C5)CCC4)cnn2C1. The monoisotopic (exact) mass is 675 g/mol. The molecule has 10 heteroatoms. The van der Waals surface area contributed by atoms with Gasteiger partial charge in [0.25, 0.3) is 0 Å². The van der Waals surface area contributed by atoms with Crippen LogP contribution in [0.2, 0.25) is 0 Å². The number of anilines is 1. The van der Waals surface area contributed by atoms with Crippen molar-refractivity contribution in [2.24, 2.45) is 10.3 Å². The van der Waals surface area contributed by atoms with Crippen LogP contribution in [0.25, 0.3) is 0 Å². The normalized spacial score (nSPS) is 19.1. The van der Waals surface area contributed by atoms with E-state index in [1.54, 1.807) is 4.68 Å². The molecule has 2 aliphatic carbocycles. The lowest BCUT2D eigenvalue weighted by atomic mass is 9.78. The van der Waals surface area contributed by atoms with Crippen LogP contribution in [-0.2, 0) is 47.7 Å². The van der Waals surface area contributed by atoms with Crippen LogP contribution in [0.1, 0.15) is 52.3 Å². The Kier molecular flexibility index (Phi) is 7.98. The van der Waals surface area contributed by atoms with Gasteiger partial charge in [0.1, 0.15) is 16.6 Å². The molecule has 3 atom stereocenters. The van der Waals surface area contributed by atoms with E-state index in [-0.39, 0.29) is 17.2 Å². The van der Waals surface area contributed by atoms with Gasteiger partial charge in [-0.2, -0.15) is 9.46 Å². The van der Waals surface area contributed by atoms with E-state index in [9.17, 15) is 9.18 Å². The highest BCUT2D eigenvalue weighted by Crippen LogP contribution is 2.44. The molecule has 4 aromatic carbocycles. The summed E-state index contributed by atoms with van der Waals surface area (Å²) in [4.78, 5) is 14.5. The van der Waals surface area contributed by atoms with Gasteiger partial charge < -0.3 is 10.1 Å². The third-order valence-electron chi connectivity index (χ3n) is 9.82. The lowest BCUT2D eigenvalue weighted by Gasteiger charge is -2.33. The van der Waals surface area contributed by atoms with Gasteiger partial charge in [-0.25, -0.2) is 22.8 Å². The number of carbonyl (C=O) groups is 1. The van der Waals surface area contributed by atoms with E-state index in [1.807, 2.05) is 91.0 Å². The zero-order chi connectivity index (χ0) is 33.6. The number of nitrogens with one attached hydrogen (secondary N) is 2. The van der Waals surface area contributed by atoms with Gasteiger partial charge >= 0.3 is 6.03 Å². The Morgan fingerprint density at radius 2 is 1.55 bits per heavy atom. The average molecular weight is 676 g/mol. The van der Waals surface area contributed by atoms with Crippen molar-refractivity contribution in [3.05, 3.63) is 142 Å². The molecule has 0 saturated carbocycles. The van der Waals surface area contributed by atoms with Crippen molar-refractivity contribution in [2.45, 2.75) is 62.2 Å². The minimum atomic E-state index is -3.86. The highest BCUT2D eigenvalue weighted by Gasteiger charge is 2.41. The Hall–Kier alpha value is -4.96. The summed E-state index contributed by atoms with van der Waals surface area (Å²) in [5.41, 5.74) is 5.53. The maximum atomic E-state index is 15.9. The minimum absolute atomic E-state index is 0.189. The smallest absolute Gasteiger partial charge is 0.331 e. The third kappa shape index (κ3) is 5.57. The van der Waals surface area contributed by atoms with Gasteiger partial charge in [0, 0.05) is 24.4 Å². The molecule has 1 aliphatic heterocycles. The van der Waals surface area contributed by atoms with Crippen LogP contribution in [0.15, 0.2) is 113 Å². The number of alkyl halides is 1. The number of rotatable bonds is 7. The molecule has 3 aliphatic rings. The van der Waals surface area contributed by atoms with E-state index in [0.717, 1.165) is 58.2 Å². The number of hydrogen-bond donors (Lipinski definition) is 2. The second-order valence-electron chi connectivity index (χ2n) is 13.3. The molecule has 250 valence electrons. The van der Waals surface area contributed by atoms with Crippen LogP contribution in [0.5, 0.6) is 5.88 Å². The van der Waals surface area contributed by atoms with Gasteiger partial charge in [0.15, 0.2) is 9.92 Å². The highest BCUT2D eigenvalue weighted by molar-refractivity contribution is 7.92. The number of halogens is 1. The lowest BCUT2D eigenvalue weighted by Crippen LogP contribution is -2.38. The standard InChI is InChI=1S/C39H38FN5O3S/c1-26-24-45-37(48-25-26)35(23-41-45)49(47,43-38(46)42-36-33-19-11-12-27(33)20-28-21-32(40)22-34(28)36)44-39(29-13-5-2-6-14-29,30-15-7-3-8-16-30)31-17-9-4-10-18-31/h2-10,13-18,20,23,26,32H,11-12,19,21-22,24-25H2,1H3,(H2,42,43,44,46,47)/t26-,32+,49?/m1/s1. The Bertz CT molecular complexity index is 2050. The van der Waals surface area contributed by atoms with Crippen LogP contribution < -0.4 is 14.8 Å². The molecular weight excluding hydrogens is 638 g/mol. The Labute approximate surface area is 286 Å². The second kappa shape index (κ2) is 12.5. The van der Waals surface area contributed by atoms with Gasteiger partial charge in [0.05, 0.1) is 19.3 Å². The predicted octanol–water partition coefficient (Wildman–Crippen LogP) is 7.39. The fourth-order valence-corrected chi connectivity index (χ4v) is 9.47. The molecule has 0 spiro atoms. The maximum Gasteiger partial charge on any atom is 0.331 e. The summed E-state index contributed by atoms with van der Waals surface area (Å²) in [7, 11) is -3.86. The van der Waals surface area contributed by atoms with Crippen LogP contribution in [0.4, 0.5) is 14.9 Å². The van der Waals surface area contributed by atoms with Crippen LogP contribution in [0.3, 0.4) is 0 Å². The first-order chi connectivity index (χ1) is 23.8. The van der Waals surface area contributed by atoms with E-state index in [4.69, 9.17) is 9.10 Å². The fourth-order valence-electron chi connectivity index (χ4n) is 7.62. The summed E-state index contributed by atoms with van der Waals surface area (Å²) in [6.45, 7) is 3.04. The van der Waals surface area contributed by atoms with Crippen LogP contribution >= 0.6 is 0 Å². The maximum absolute atomic E-state index is 15.9. The number of urea groups is 1. The minimum Gasteiger partial charge on any atom is -0.477 e. The molecule has 0 fully saturated rings. The molecule has 0 radical (unpaired) electrons. The highest BCUT2D eigenvalue weighted by atomic mass is 32.2. The molecule has 2 amide bonds. The summed E-state index contributed by atoms with van der Waals surface area (Å²) < 4.78 is 46.7. The van der Waals surface area contributed by atoms with Crippen molar-refractivity contribution in [1.29, 1.82) is 0 Å². The number of carbonyl (C=O) groups excluding carboxylic acids is 1. The number of aromatic nitrogens is 2. The molecule has 49 heavy (non-hydrogen) atoms. The number of fused-ring (bicyclic) bond motifs is 3. The molecule has 1 aromatic heterocycles. The van der Waals surface area contributed by atoms with E-state index in [0.29, 0.717) is 31.1 Å². The number of ether oxygens (including phenoxy) is 1. The van der Waals surface area contributed by atoms with Crippen LogP contribution in [0, 0.1) is 5.92 Å². The molecule has 1 unspecified atom stereocenters. The molecule has 8 nitrogen and oxygen atoms in total. The van der Waals surface area contributed by atoms with Crippen LogP contribution in [-0.4, -0.2) is 32.8 Å². The molecule has 5 aromatic rings. The molecule has 2 heterocycles. The number of aryl methyl sites for hydroxylation is 1. The zero-order valence-corrected chi connectivity index (χ0v) is 28.1. The largest absolute Gasteiger partial charge is 0.477 e. The number of amides is 2. The first kappa shape index (κ1) is 31.3. The summed E-state index contributed by atoms with van der Waals surface area (Å²) in [6, 6.07) is 30.5. The van der Waals surface area contributed by atoms with Crippen molar-refractivity contribution < 1.29 is 18.1 Å². The first-order valence-electron chi connectivity index (χ1n) is 16.9. The van der Waals surface area contributed by atoms with E-state index in [1.165, 1.54) is 6.20 Å². The summed E-state index contributed by atoms with van der Waals surface area (Å²) in [5.74, 6) is 0.514. The summed E-state index contributed by atoms with van der Waals surface area (Å²) >= 11 is 0. The first-order valence-corrected chi connectivity index (χ1v) is 18.4. The number of nitrogens with zero attached hydrogens (tertiary/aromatic N) is 3. The molecule has 2 N–H and O–H groups in total. The summed E-state index contributed by atoms with van der Waals surface area (Å²) in [6.07, 6.45) is 3.70. The van der Waals surface area contributed by atoms with Gasteiger partial charge in [0.2, 0.25) is 5.88 Å². The average Bonchev–Trinajstić information content (AvgIpc) is 3.86. The Balaban J connectivity index is 1.34. The van der Waals surface area contributed by atoms with E-state index >= 15 is 4.21 Å². The number of benzene rings is 4. The van der Waals surface area contributed by atoms with E-state index in [2.05, 4.69) is 28.1 Å². The molecule has 0 bridgehead atoms. The lowest BCUT2D eigenvalue weighted by molar-refractivity contribution is 0.170.